The minimum absolute atomic E-state index is 0.205. The Bertz CT molecular complexity index is 948. The molecule has 0 amide bonds. The molecule has 2 heterocycles. The maximum absolute atomic E-state index is 11.8. The fourth-order valence-electron chi connectivity index (χ4n) is 2.16. The fourth-order valence-corrected chi connectivity index (χ4v) is 3.43. The molecule has 134 valence electrons. The summed E-state index contributed by atoms with van der Waals surface area (Å²) in [4.78, 5) is 17.5. The number of methoxy groups -OCH3 is 1. The summed E-state index contributed by atoms with van der Waals surface area (Å²) in [7, 11) is 1.34. The van der Waals surface area contributed by atoms with Crippen LogP contribution < -0.4 is 0 Å². The van der Waals surface area contributed by atoms with Gasteiger partial charge >= 0.3 is 5.97 Å². The van der Waals surface area contributed by atoms with Crippen molar-refractivity contribution in [1.29, 1.82) is 0 Å². The molecule has 0 aliphatic rings. The number of hydrogen-bond donors (Lipinski definition) is 0. The van der Waals surface area contributed by atoms with E-state index in [2.05, 4.69) is 5.16 Å². The summed E-state index contributed by atoms with van der Waals surface area (Å²) in [5.41, 5.74) is 1.45. The number of furan rings is 1. The van der Waals surface area contributed by atoms with Crippen LogP contribution in [0.5, 0.6) is 0 Å². The summed E-state index contributed by atoms with van der Waals surface area (Å²) in [5.74, 6) is 0.642. The molecular formula is C18H13Cl2NO4S. The zero-order valence-electron chi connectivity index (χ0n) is 13.6. The maximum atomic E-state index is 11.8. The lowest BCUT2D eigenvalue weighted by atomic mass is 10.2. The van der Waals surface area contributed by atoms with Gasteiger partial charge in [0.2, 0.25) is 0 Å². The average Bonchev–Trinajstić information content (AvgIpc) is 3.28. The number of halogens is 2. The highest BCUT2D eigenvalue weighted by Gasteiger charge is 2.17. The molecule has 0 N–H and O–H groups in total. The Hall–Kier alpha value is -2.28. The highest BCUT2D eigenvalue weighted by molar-refractivity contribution is 7.12. The number of hydrogen-bond acceptors (Lipinski definition) is 6. The third kappa shape index (κ3) is 4.27. The van der Waals surface area contributed by atoms with E-state index in [1.54, 1.807) is 41.8 Å². The van der Waals surface area contributed by atoms with Gasteiger partial charge in [-0.25, -0.2) is 4.79 Å². The first-order valence-corrected chi connectivity index (χ1v) is 9.07. The predicted octanol–water partition coefficient (Wildman–Crippen LogP) is 5.65. The number of carbonyl (C=O) groups excluding carboxylic acids is 1. The van der Waals surface area contributed by atoms with Gasteiger partial charge in [-0.1, -0.05) is 34.4 Å². The molecule has 0 radical (unpaired) electrons. The second kappa shape index (κ2) is 8.40. The molecule has 5 nitrogen and oxygen atoms in total. The third-order valence-electron chi connectivity index (χ3n) is 3.42. The predicted molar refractivity (Wildman–Crippen MR) is 102 cm³/mol. The van der Waals surface area contributed by atoms with Gasteiger partial charge in [0.25, 0.3) is 0 Å². The van der Waals surface area contributed by atoms with E-state index in [1.165, 1.54) is 24.7 Å². The quantitative estimate of drug-likeness (QED) is 0.299. The van der Waals surface area contributed by atoms with Gasteiger partial charge in [0, 0.05) is 21.2 Å². The van der Waals surface area contributed by atoms with E-state index in [4.69, 9.17) is 37.2 Å². The summed E-state index contributed by atoms with van der Waals surface area (Å²) < 4.78 is 10.4. The van der Waals surface area contributed by atoms with Crippen molar-refractivity contribution in [3.05, 3.63) is 68.0 Å². The molecule has 0 bridgehead atoms. The van der Waals surface area contributed by atoms with Crippen LogP contribution in [-0.2, 0) is 16.2 Å². The number of esters is 1. The molecule has 2 aromatic heterocycles. The molecule has 0 aliphatic carbocycles. The molecule has 0 spiro atoms. The smallest absolute Gasteiger partial charge is 0.348 e. The lowest BCUT2D eigenvalue weighted by Gasteiger charge is -2.02. The van der Waals surface area contributed by atoms with E-state index in [0.29, 0.717) is 32.0 Å². The molecule has 0 fully saturated rings. The summed E-state index contributed by atoms with van der Waals surface area (Å²) in [6.45, 7) is 0.205. The van der Waals surface area contributed by atoms with Gasteiger partial charge in [-0.05, 0) is 35.7 Å². The zero-order valence-corrected chi connectivity index (χ0v) is 15.9. The van der Waals surface area contributed by atoms with Crippen molar-refractivity contribution in [2.75, 3.05) is 7.11 Å². The van der Waals surface area contributed by atoms with Crippen LogP contribution in [0, 0.1) is 0 Å². The van der Waals surface area contributed by atoms with Crippen molar-refractivity contribution in [2.45, 2.75) is 6.61 Å². The normalized spacial score (nSPS) is 11.0. The van der Waals surface area contributed by atoms with Crippen molar-refractivity contribution in [2.24, 2.45) is 5.16 Å². The minimum Gasteiger partial charge on any atom is -0.465 e. The number of carbonyl (C=O) groups is 1. The van der Waals surface area contributed by atoms with Gasteiger partial charge in [-0.15, -0.1) is 11.3 Å². The Morgan fingerprint density at radius 1 is 1.27 bits per heavy atom. The topological polar surface area (TPSA) is 61.0 Å². The number of ether oxygens (including phenoxy) is 1. The van der Waals surface area contributed by atoms with Gasteiger partial charge in [0.1, 0.15) is 29.2 Å². The molecule has 0 unspecified atom stereocenters. The molecule has 0 aliphatic heterocycles. The van der Waals surface area contributed by atoms with E-state index >= 15 is 0 Å². The van der Waals surface area contributed by atoms with E-state index in [9.17, 15) is 4.79 Å². The molecule has 3 rings (SSSR count). The van der Waals surface area contributed by atoms with Gasteiger partial charge in [-0.3, -0.25) is 0 Å². The summed E-state index contributed by atoms with van der Waals surface area (Å²) >= 11 is 13.2. The first-order chi connectivity index (χ1) is 12.6. The van der Waals surface area contributed by atoms with E-state index in [1.807, 2.05) is 0 Å². The second-order valence-corrected chi connectivity index (χ2v) is 6.86. The first-order valence-electron chi connectivity index (χ1n) is 7.43. The highest BCUT2D eigenvalue weighted by Crippen LogP contribution is 2.30. The van der Waals surface area contributed by atoms with Crippen LogP contribution in [0.2, 0.25) is 10.0 Å². The number of oxime groups is 1. The van der Waals surface area contributed by atoms with Crippen LogP contribution in [0.25, 0.3) is 11.3 Å². The van der Waals surface area contributed by atoms with Gasteiger partial charge < -0.3 is 14.0 Å². The van der Waals surface area contributed by atoms with E-state index in [-0.39, 0.29) is 6.61 Å². The molecule has 0 saturated carbocycles. The zero-order chi connectivity index (χ0) is 18.5. The summed E-state index contributed by atoms with van der Waals surface area (Å²) in [5, 5.41) is 6.75. The fraction of sp³-hybridized carbons (Fsp3) is 0.111. The van der Waals surface area contributed by atoms with Crippen LogP contribution in [-0.4, -0.2) is 19.3 Å². The molecule has 26 heavy (non-hydrogen) atoms. The molecule has 8 heteroatoms. The average molecular weight is 410 g/mol. The van der Waals surface area contributed by atoms with Crippen LogP contribution >= 0.6 is 34.5 Å². The third-order valence-corrected chi connectivity index (χ3v) is 4.90. The molecule has 0 saturated heterocycles. The molecule has 1 aromatic carbocycles. The largest absolute Gasteiger partial charge is 0.465 e. The standard InChI is InChI=1S/C18H13Cl2NO4S/c1-23-18(22)17-14(6-7-26-17)16-5-4-13(25-16)9-21-24-10-11-2-3-12(19)8-15(11)20/h2-9H,10H2,1H3/b21-9-. The molecule has 0 atom stereocenters. The van der Waals surface area contributed by atoms with Crippen LogP contribution in [0.4, 0.5) is 0 Å². The highest BCUT2D eigenvalue weighted by atomic mass is 35.5. The Balaban J connectivity index is 1.64. The lowest BCUT2D eigenvalue weighted by Crippen LogP contribution is -1.99. The molecular weight excluding hydrogens is 397 g/mol. The SMILES string of the molecule is COC(=O)c1sccc1-c1ccc(/C=N\OCc2ccc(Cl)cc2Cl)o1. The summed E-state index contributed by atoms with van der Waals surface area (Å²) in [6, 6.07) is 10.4. The van der Waals surface area contributed by atoms with Gasteiger partial charge in [-0.2, -0.15) is 0 Å². The number of benzene rings is 1. The second-order valence-electron chi connectivity index (χ2n) is 5.10. The monoisotopic (exact) mass is 409 g/mol. The van der Waals surface area contributed by atoms with Crippen LogP contribution in [0.3, 0.4) is 0 Å². The van der Waals surface area contributed by atoms with Crippen molar-refractivity contribution in [3.8, 4) is 11.3 Å². The Morgan fingerprint density at radius 3 is 2.88 bits per heavy atom. The lowest BCUT2D eigenvalue weighted by molar-refractivity contribution is 0.0607. The number of nitrogens with zero attached hydrogens (tertiary/aromatic N) is 1. The van der Waals surface area contributed by atoms with Crippen molar-refractivity contribution < 1.29 is 18.8 Å². The van der Waals surface area contributed by atoms with E-state index < -0.39 is 5.97 Å². The number of thiophene rings is 1. The Morgan fingerprint density at radius 2 is 2.12 bits per heavy atom. The van der Waals surface area contributed by atoms with Gasteiger partial charge in [0.15, 0.2) is 0 Å². The first kappa shape index (κ1) is 18.5. The Labute approximate surface area is 163 Å². The maximum Gasteiger partial charge on any atom is 0.348 e. The van der Waals surface area contributed by atoms with Crippen molar-refractivity contribution in [1.82, 2.24) is 0 Å². The minimum atomic E-state index is -0.398. The van der Waals surface area contributed by atoms with Crippen LogP contribution in [0.15, 0.2) is 51.4 Å². The number of rotatable bonds is 6. The van der Waals surface area contributed by atoms with Gasteiger partial charge in [0.05, 0.1) is 7.11 Å². The summed E-state index contributed by atoms with van der Waals surface area (Å²) in [6.07, 6.45) is 1.44. The molecule has 3 aromatic rings. The van der Waals surface area contributed by atoms with Crippen molar-refractivity contribution >= 4 is 46.7 Å². The van der Waals surface area contributed by atoms with Crippen LogP contribution in [0.1, 0.15) is 21.0 Å². The van der Waals surface area contributed by atoms with E-state index in [0.717, 1.165) is 5.56 Å². The Kier molecular flexibility index (Phi) is 5.98. The van der Waals surface area contributed by atoms with Crippen molar-refractivity contribution in [3.63, 3.8) is 0 Å².